The van der Waals surface area contributed by atoms with E-state index in [1.807, 2.05) is 4.90 Å². The molecule has 0 amide bonds. The molecule has 1 saturated heterocycles. The van der Waals surface area contributed by atoms with Crippen LogP contribution < -0.4 is 15.1 Å². The predicted molar refractivity (Wildman–Crippen MR) is 79.8 cm³/mol. The molecule has 2 aromatic rings. The van der Waals surface area contributed by atoms with Gasteiger partial charge in [-0.1, -0.05) is 0 Å². The molecule has 3 rings (SSSR count). The quantitative estimate of drug-likeness (QED) is 0.840. The lowest BCUT2D eigenvalue weighted by molar-refractivity contribution is 0.121. The Hall–Kier alpha value is -1.53. The number of hydrogen-bond acceptors (Lipinski definition) is 5. The van der Waals surface area contributed by atoms with E-state index in [2.05, 4.69) is 15.9 Å². The number of hydrogen-bond donors (Lipinski definition) is 0. The molecule has 5 nitrogen and oxygen atoms in total. The van der Waals surface area contributed by atoms with Crippen molar-refractivity contribution in [3.05, 3.63) is 32.9 Å². The minimum atomic E-state index is -0.0765. The SMILES string of the molecule is COc1cc(Br)c2oc(N3CCOCC3)cc(=O)c2c1. The van der Waals surface area contributed by atoms with Crippen LogP contribution in [0, 0.1) is 0 Å². The van der Waals surface area contributed by atoms with Crippen molar-refractivity contribution in [2.24, 2.45) is 0 Å². The number of morpholine rings is 1. The molecule has 1 aromatic carbocycles. The van der Waals surface area contributed by atoms with Crippen LogP contribution in [0.4, 0.5) is 5.88 Å². The maximum Gasteiger partial charge on any atom is 0.200 e. The first-order valence-corrected chi connectivity index (χ1v) is 7.12. The zero-order valence-electron chi connectivity index (χ0n) is 11.0. The predicted octanol–water partition coefficient (Wildman–Crippen LogP) is 2.40. The van der Waals surface area contributed by atoms with Gasteiger partial charge in [0.2, 0.25) is 0 Å². The van der Waals surface area contributed by atoms with E-state index in [9.17, 15) is 4.79 Å². The molecule has 1 aliphatic rings. The van der Waals surface area contributed by atoms with Gasteiger partial charge in [0.25, 0.3) is 0 Å². The lowest BCUT2D eigenvalue weighted by atomic mass is 10.2. The lowest BCUT2D eigenvalue weighted by Crippen LogP contribution is -2.36. The topological polar surface area (TPSA) is 51.9 Å². The number of methoxy groups -OCH3 is 1. The van der Waals surface area contributed by atoms with Crippen molar-refractivity contribution in [1.29, 1.82) is 0 Å². The molecule has 2 heterocycles. The number of anilines is 1. The monoisotopic (exact) mass is 339 g/mol. The summed E-state index contributed by atoms with van der Waals surface area (Å²) < 4.78 is 17.1. The molecule has 106 valence electrons. The van der Waals surface area contributed by atoms with E-state index in [4.69, 9.17) is 13.9 Å². The summed E-state index contributed by atoms with van der Waals surface area (Å²) in [6.07, 6.45) is 0. The first kappa shape index (κ1) is 13.5. The van der Waals surface area contributed by atoms with Gasteiger partial charge in [0.15, 0.2) is 16.9 Å². The Morgan fingerprint density at radius 3 is 2.70 bits per heavy atom. The summed E-state index contributed by atoms with van der Waals surface area (Å²) in [4.78, 5) is 14.3. The fraction of sp³-hybridized carbons (Fsp3) is 0.357. The summed E-state index contributed by atoms with van der Waals surface area (Å²) in [6.45, 7) is 2.74. The second-order valence-corrected chi connectivity index (χ2v) is 5.39. The Balaban J connectivity index is 2.13. The van der Waals surface area contributed by atoms with E-state index in [-0.39, 0.29) is 5.43 Å². The molecule has 0 aliphatic carbocycles. The highest BCUT2D eigenvalue weighted by atomic mass is 79.9. The summed E-state index contributed by atoms with van der Waals surface area (Å²) in [5.41, 5.74) is 0.465. The Kier molecular flexibility index (Phi) is 3.67. The van der Waals surface area contributed by atoms with Crippen molar-refractivity contribution in [3.8, 4) is 5.75 Å². The lowest BCUT2D eigenvalue weighted by Gasteiger charge is -2.27. The number of nitrogens with zero attached hydrogens (tertiary/aromatic N) is 1. The summed E-state index contributed by atoms with van der Waals surface area (Å²) in [5.74, 6) is 1.20. The summed E-state index contributed by atoms with van der Waals surface area (Å²) in [6, 6.07) is 5.00. The van der Waals surface area contributed by atoms with Crippen LogP contribution in [-0.2, 0) is 4.74 Å². The molecule has 1 aromatic heterocycles. The number of fused-ring (bicyclic) bond motifs is 1. The third-order valence-corrected chi connectivity index (χ3v) is 3.89. The fourth-order valence-corrected chi connectivity index (χ4v) is 2.76. The van der Waals surface area contributed by atoms with E-state index in [1.54, 1.807) is 19.2 Å². The average molecular weight is 340 g/mol. The number of benzene rings is 1. The van der Waals surface area contributed by atoms with Crippen LogP contribution in [0.15, 0.2) is 31.9 Å². The van der Waals surface area contributed by atoms with Gasteiger partial charge in [-0.15, -0.1) is 0 Å². The summed E-state index contributed by atoms with van der Waals surface area (Å²) >= 11 is 3.43. The van der Waals surface area contributed by atoms with Gasteiger partial charge in [-0.05, 0) is 28.1 Å². The molecular weight excluding hydrogens is 326 g/mol. The summed E-state index contributed by atoms with van der Waals surface area (Å²) in [5, 5.41) is 0.508. The van der Waals surface area contributed by atoms with Crippen LogP contribution in [0.3, 0.4) is 0 Å². The van der Waals surface area contributed by atoms with E-state index < -0.39 is 0 Å². The van der Waals surface area contributed by atoms with Gasteiger partial charge in [-0.25, -0.2) is 0 Å². The Labute approximate surface area is 124 Å². The number of rotatable bonds is 2. The molecule has 0 unspecified atom stereocenters. The second-order valence-electron chi connectivity index (χ2n) is 4.53. The molecule has 20 heavy (non-hydrogen) atoms. The smallest absolute Gasteiger partial charge is 0.200 e. The van der Waals surface area contributed by atoms with Crippen molar-refractivity contribution < 1.29 is 13.9 Å². The molecule has 0 spiro atoms. The van der Waals surface area contributed by atoms with Crippen LogP contribution in [0.2, 0.25) is 0 Å². The molecule has 0 atom stereocenters. The molecule has 6 heteroatoms. The number of ether oxygens (including phenoxy) is 2. The van der Waals surface area contributed by atoms with Gasteiger partial charge in [-0.2, -0.15) is 0 Å². The van der Waals surface area contributed by atoms with E-state index in [0.717, 1.165) is 13.1 Å². The molecule has 0 bridgehead atoms. The van der Waals surface area contributed by atoms with Gasteiger partial charge in [0.05, 0.1) is 30.2 Å². The van der Waals surface area contributed by atoms with Gasteiger partial charge in [-0.3, -0.25) is 4.79 Å². The first-order valence-electron chi connectivity index (χ1n) is 6.33. The van der Waals surface area contributed by atoms with Crippen molar-refractivity contribution >= 4 is 32.8 Å². The van der Waals surface area contributed by atoms with Gasteiger partial charge in [0.1, 0.15) is 5.75 Å². The maximum absolute atomic E-state index is 12.3. The van der Waals surface area contributed by atoms with Crippen LogP contribution in [0.25, 0.3) is 11.0 Å². The molecule has 0 N–H and O–H groups in total. The van der Waals surface area contributed by atoms with Crippen molar-refractivity contribution in [2.75, 3.05) is 38.3 Å². The molecule has 1 aliphatic heterocycles. The first-order chi connectivity index (χ1) is 9.69. The van der Waals surface area contributed by atoms with Crippen molar-refractivity contribution in [2.45, 2.75) is 0 Å². The molecule has 0 saturated carbocycles. The van der Waals surface area contributed by atoms with Gasteiger partial charge >= 0.3 is 0 Å². The minimum Gasteiger partial charge on any atom is -0.497 e. The zero-order valence-corrected chi connectivity index (χ0v) is 12.6. The van der Waals surface area contributed by atoms with Crippen LogP contribution >= 0.6 is 15.9 Å². The highest BCUT2D eigenvalue weighted by molar-refractivity contribution is 9.10. The average Bonchev–Trinajstić information content (AvgIpc) is 2.48. The Morgan fingerprint density at radius 1 is 1.25 bits per heavy atom. The Morgan fingerprint density at radius 2 is 2.00 bits per heavy atom. The van der Waals surface area contributed by atoms with Gasteiger partial charge < -0.3 is 18.8 Å². The van der Waals surface area contributed by atoms with E-state index in [0.29, 0.717) is 40.3 Å². The fourth-order valence-electron chi connectivity index (χ4n) is 2.24. The largest absolute Gasteiger partial charge is 0.497 e. The molecular formula is C14H14BrNO4. The van der Waals surface area contributed by atoms with E-state index in [1.165, 1.54) is 6.07 Å². The standard InChI is InChI=1S/C14H14BrNO4/c1-18-9-6-10-12(17)8-13(16-2-4-19-5-3-16)20-14(10)11(15)7-9/h6-8H,2-5H2,1H3. The van der Waals surface area contributed by atoms with Crippen LogP contribution in [0.5, 0.6) is 5.75 Å². The minimum absolute atomic E-state index is 0.0765. The second kappa shape index (κ2) is 5.46. The van der Waals surface area contributed by atoms with Crippen molar-refractivity contribution in [3.63, 3.8) is 0 Å². The van der Waals surface area contributed by atoms with E-state index >= 15 is 0 Å². The normalized spacial score (nSPS) is 15.6. The van der Waals surface area contributed by atoms with Crippen LogP contribution in [0.1, 0.15) is 0 Å². The third kappa shape index (κ3) is 2.41. The molecule has 0 radical (unpaired) electrons. The van der Waals surface area contributed by atoms with Crippen LogP contribution in [-0.4, -0.2) is 33.4 Å². The molecule has 1 fully saturated rings. The van der Waals surface area contributed by atoms with Gasteiger partial charge in [0, 0.05) is 19.2 Å². The number of halogens is 1. The highest BCUT2D eigenvalue weighted by Gasteiger charge is 2.17. The third-order valence-electron chi connectivity index (χ3n) is 3.30. The Bertz CT molecular complexity index is 691. The maximum atomic E-state index is 12.3. The summed E-state index contributed by atoms with van der Waals surface area (Å²) in [7, 11) is 1.57. The van der Waals surface area contributed by atoms with Crippen molar-refractivity contribution in [1.82, 2.24) is 0 Å². The zero-order chi connectivity index (χ0) is 14.1. The highest BCUT2D eigenvalue weighted by Crippen LogP contribution is 2.30.